The molecule has 0 atom stereocenters. The maximum atomic E-state index is 5.28. The molecule has 0 N–H and O–H groups in total. The fraction of sp³-hybridized carbons (Fsp3) is 0.364. The lowest BCUT2D eigenvalue weighted by molar-refractivity contribution is 0.188. The van der Waals surface area contributed by atoms with Crippen molar-refractivity contribution < 1.29 is 4.74 Å². The fourth-order valence-electron chi connectivity index (χ4n) is 4.20. The van der Waals surface area contributed by atoms with Gasteiger partial charge >= 0.3 is 0 Å². The van der Waals surface area contributed by atoms with Crippen molar-refractivity contribution in [2.45, 2.75) is 41.2 Å². The molecule has 0 spiro atoms. The van der Waals surface area contributed by atoms with Crippen molar-refractivity contribution >= 4 is 16.7 Å². The summed E-state index contributed by atoms with van der Waals surface area (Å²) >= 11 is 0. The molecule has 0 aliphatic carbocycles. The third kappa shape index (κ3) is 2.73. The van der Waals surface area contributed by atoms with Gasteiger partial charge in [-0.2, -0.15) is 9.61 Å². The maximum Gasteiger partial charge on any atom is 0.165 e. The molecule has 3 heterocycles. The molecule has 0 amide bonds. The predicted molar refractivity (Wildman–Crippen MR) is 109 cm³/mol. The molecule has 140 valence electrons. The first-order chi connectivity index (χ1) is 12.9. The summed E-state index contributed by atoms with van der Waals surface area (Å²) < 4.78 is 9.48. The molecule has 3 aromatic heterocycles. The zero-order chi connectivity index (χ0) is 19.3. The second kappa shape index (κ2) is 6.50. The average molecular weight is 362 g/mol. The SMILES string of the molecule is COCCn1ccc2c(C)nc3c(-c4c(C)cc(C)cc4C)c(C)nn3c21. The van der Waals surface area contributed by atoms with Crippen molar-refractivity contribution in [3.8, 4) is 11.1 Å². The number of rotatable bonds is 4. The summed E-state index contributed by atoms with van der Waals surface area (Å²) in [6.45, 7) is 12.1. The minimum Gasteiger partial charge on any atom is -0.383 e. The van der Waals surface area contributed by atoms with Gasteiger partial charge in [0.1, 0.15) is 5.65 Å². The molecular weight excluding hydrogens is 336 g/mol. The summed E-state index contributed by atoms with van der Waals surface area (Å²) in [5, 5.41) is 6.03. The van der Waals surface area contributed by atoms with Gasteiger partial charge in [0.25, 0.3) is 0 Å². The first-order valence-corrected chi connectivity index (χ1v) is 9.34. The number of hydrogen-bond acceptors (Lipinski definition) is 3. The van der Waals surface area contributed by atoms with E-state index in [1.807, 2.05) is 4.52 Å². The van der Waals surface area contributed by atoms with Crippen molar-refractivity contribution in [2.75, 3.05) is 13.7 Å². The molecule has 5 heteroatoms. The Labute approximate surface area is 159 Å². The van der Waals surface area contributed by atoms with Crippen LogP contribution in [0, 0.1) is 34.6 Å². The van der Waals surface area contributed by atoms with Crippen LogP contribution in [0.25, 0.3) is 27.8 Å². The molecule has 1 aromatic carbocycles. The number of aryl methyl sites for hydroxylation is 5. The predicted octanol–water partition coefficient (Wildman–Crippen LogP) is 4.54. The van der Waals surface area contributed by atoms with E-state index in [0.29, 0.717) is 6.61 Å². The van der Waals surface area contributed by atoms with Crippen LogP contribution in [0.3, 0.4) is 0 Å². The molecule has 0 saturated heterocycles. The van der Waals surface area contributed by atoms with Gasteiger partial charge in [0, 0.05) is 25.2 Å². The molecule has 4 aromatic rings. The molecule has 5 nitrogen and oxygen atoms in total. The Balaban J connectivity index is 2.07. The highest BCUT2D eigenvalue weighted by Crippen LogP contribution is 2.35. The monoisotopic (exact) mass is 362 g/mol. The second-order valence-corrected chi connectivity index (χ2v) is 7.41. The van der Waals surface area contributed by atoms with Crippen LogP contribution in [-0.4, -0.2) is 32.9 Å². The summed E-state index contributed by atoms with van der Waals surface area (Å²) in [4.78, 5) is 4.96. The summed E-state index contributed by atoms with van der Waals surface area (Å²) in [6.07, 6.45) is 2.09. The summed E-state index contributed by atoms with van der Waals surface area (Å²) in [6, 6.07) is 6.59. The molecular formula is C22H26N4O. The van der Waals surface area contributed by atoms with Crippen molar-refractivity contribution in [3.63, 3.8) is 0 Å². The van der Waals surface area contributed by atoms with Crippen molar-refractivity contribution in [1.82, 2.24) is 19.2 Å². The van der Waals surface area contributed by atoms with Crippen LogP contribution in [0.5, 0.6) is 0 Å². The molecule has 0 aliphatic rings. The van der Waals surface area contributed by atoms with Crippen LogP contribution in [-0.2, 0) is 11.3 Å². The number of ether oxygens (including phenoxy) is 1. The largest absolute Gasteiger partial charge is 0.383 e. The lowest BCUT2D eigenvalue weighted by Crippen LogP contribution is -2.07. The van der Waals surface area contributed by atoms with Crippen molar-refractivity contribution in [2.24, 2.45) is 0 Å². The molecule has 0 bridgehead atoms. The van der Waals surface area contributed by atoms with Gasteiger partial charge in [0.15, 0.2) is 5.65 Å². The third-order valence-electron chi connectivity index (χ3n) is 5.30. The molecule has 4 rings (SSSR count). The Kier molecular flexibility index (Phi) is 4.27. The zero-order valence-electron chi connectivity index (χ0n) is 16.9. The van der Waals surface area contributed by atoms with Gasteiger partial charge in [0.2, 0.25) is 0 Å². The number of nitrogens with zero attached hydrogens (tertiary/aromatic N) is 4. The van der Waals surface area contributed by atoms with Crippen molar-refractivity contribution in [1.29, 1.82) is 0 Å². The highest BCUT2D eigenvalue weighted by Gasteiger charge is 2.20. The average Bonchev–Trinajstić information content (AvgIpc) is 3.15. The van der Waals surface area contributed by atoms with Crippen LogP contribution in [0.2, 0.25) is 0 Å². The molecule has 27 heavy (non-hydrogen) atoms. The summed E-state index contributed by atoms with van der Waals surface area (Å²) in [5.41, 5.74) is 10.2. The van der Waals surface area contributed by atoms with Gasteiger partial charge < -0.3 is 9.30 Å². The quantitative estimate of drug-likeness (QED) is 0.535. The fourth-order valence-corrected chi connectivity index (χ4v) is 4.20. The molecule has 0 fully saturated rings. The topological polar surface area (TPSA) is 44.3 Å². The van der Waals surface area contributed by atoms with Crippen molar-refractivity contribution in [3.05, 3.63) is 52.5 Å². The zero-order valence-corrected chi connectivity index (χ0v) is 16.9. The highest BCUT2D eigenvalue weighted by atomic mass is 16.5. The van der Waals surface area contributed by atoms with Gasteiger partial charge in [0.05, 0.1) is 23.6 Å². The Hall–Kier alpha value is -2.66. The minimum atomic E-state index is 0.663. The van der Waals surface area contributed by atoms with E-state index in [4.69, 9.17) is 14.8 Å². The maximum absolute atomic E-state index is 5.28. The van der Waals surface area contributed by atoms with Gasteiger partial charge in [-0.3, -0.25) is 0 Å². The van der Waals surface area contributed by atoms with E-state index in [9.17, 15) is 0 Å². The van der Waals surface area contributed by atoms with E-state index in [-0.39, 0.29) is 0 Å². The number of benzene rings is 1. The molecule has 0 saturated carbocycles. The number of fused-ring (bicyclic) bond motifs is 3. The number of methoxy groups -OCH3 is 1. The van der Waals surface area contributed by atoms with E-state index in [0.717, 1.165) is 40.2 Å². The minimum absolute atomic E-state index is 0.663. The van der Waals surface area contributed by atoms with Crippen LogP contribution in [0.15, 0.2) is 24.4 Å². The van der Waals surface area contributed by atoms with E-state index in [1.165, 1.54) is 22.3 Å². The van der Waals surface area contributed by atoms with Gasteiger partial charge in [-0.1, -0.05) is 17.7 Å². The molecule has 0 radical (unpaired) electrons. The Morgan fingerprint density at radius 2 is 1.67 bits per heavy atom. The lowest BCUT2D eigenvalue weighted by atomic mass is 9.94. The normalized spacial score (nSPS) is 11.8. The van der Waals surface area contributed by atoms with Crippen LogP contribution >= 0.6 is 0 Å². The van der Waals surface area contributed by atoms with Crippen LogP contribution in [0.1, 0.15) is 28.1 Å². The smallest absolute Gasteiger partial charge is 0.165 e. The summed E-state index contributed by atoms with van der Waals surface area (Å²) in [7, 11) is 1.73. The second-order valence-electron chi connectivity index (χ2n) is 7.41. The van der Waals surface area contributed by atoms with E-state index in [1.54, 1.807) is 7.11 Å². The Morgan fingerprint density at radius 1 is 0.963 bits per heavy atom. The highest BCUT2D eigenvalue weighted by molar-refractivity contribution is 5.89. The Morgan fingerprint density at radius 3 is 2.33 bits per heavy atom. The van der Waals surface area contributed by atoms with E-state index >= 15 is 0 Å². The molecule has 0 unspecified atom stereocenters. The number of hydrogen-bond donors (Lipinski definition) is 0. The van der Waals surface area contributed by atoms with Gasteiger partial charge in [-0.05, 0) is 57.4 Å². The van der Waals surface area contributed by atoms with Gasteiger partial charge in [-0.25, -0.2) is 4.98 Å². The van der Waals surface area contributed by atoms with Crippen LogP contribution in [0.4, 0.5) is 0 Å². The van der Waals surface area contributed by atoms with Gasteiger partial charge in [-0.15, -0.1) is 0 Å². The first kappa shape index (κ1) is 17.7. The third-order valence-corrected chi connectivity index (χ3v) is 5.30. The Bertz CT molecular complexity index is 1140. The lowest BCUT2D eigenvalue weighted by Gasteiger charge is -2.12. The first-order valence-electron chi connectivity index (χ1n) is 9.34. The van der Waals surface area contributed by atoms with E-state index < -0.39 is 0 Å². The summed E-state index contributed by atoms with van der Waals surface area (Å²) in [5.74, 6) is 0. The molecule has 0 aliphatic heterocycles. The number of aromatic nitrogens is 4. The van der Waals surface area contributed by atoms with E-state index in [2.05, 4.69) is 63.6 Å². The van der Waals surface area contributed by atoms with Crippen LogP contribution < -0.4 is 0 Å². The standard InChI is InChI=1S/C22H26N4O/c1-13-11-14(2)19(15(3)12-13)20-17(5)24-26-21(20)23-16(4)18-7-8-25(22(18)26)9-10-27-6/h7-8,11-12H,9-10H2,1-6H3.